The number of rotatable bonds is 2. The summed E-state index contributed by atoms with van der Waals surface area (Å²) in [7, 11) is 0. The normalized spacial score (nSPS) is 21.9. The van der Waals surface area contributed by atoms with E-state index in [1.165, 1.54) is 25.7 Å². The van der Waals surface area contributed by atoms with Crippen molar-refractivity contribution < 1.29 is 0 Å². The maximum atomic E-state index is 4.52. The summed E-state index contributed by atoms with van der Waals surface area (Å²) in [6, 6.07) is 4.56. The number of hydrogen-bond acceptors (Lipinski definition) is 3. The van der Waals surface area contributed by atoms with E-state index in [4.69, 9.17) is 0 Å². The average molecular weight is 334 g/mol. The summed E-state index contributed by atoms with van der Waals surface area (Å²) in [6.07, 6.45) is 8.85. The Hall–Kier alpha value is -1.16. The lowest BCUT2D eigenvalue weighted by Gasteiger charge is -2.39. The third kappa shape index (κ3) is 2.66. The molecule has 1 saturated carbocycles. The van der Waals surface area contributed by atoms with E-state index in [2.05, 4.69) is 45.1 Å². The predicted octanol–water partition coefficient (Wildman–Crippen LogP) is 4.77. The van der Waals surface area contributed by atoms with Crippen LogP contribution in [-0.2, 0) is 0 Å². The molecule has 0 bridgehead atoms. The van der Waals surface area contributed by atoms with Gasteiger partial charge in [-0.25, -0.2) is 0 Å². The maximum absolute atomic E-state index is 4.52. The van der Waals surface area contributed by atoms with Crippen LogP contribution in [0.5, 0.6) is 0 Å². The summed E-state index contributed by atoms with van der Waals surface area (Å²) in [5, 5.41) is 3.72. The first-order chi connectivity index (χ1) is 9.56. The number of fused-ring (bicyclic) bond motifs is 1. The molecule has 20 heavy (non-hydrogen) atoms. The molecule has 0 spiro atoms. The first-order valence-corrected chi connectivity index (χ1v) is 8.02. The predicted molar refractivity (Wildman–Crippen MR) is 86.9 cm³/mol. The summed E-state index contributed by atoms with van der Waals surface area (Å²) >= 11 is 3.45. The van der Waals surface area contributed by atoms with Crippen molar-refractivity contribution in [2.24, 2.45) is 5.41 Å². The average Bonchev–Trinajstić information content (AvgIpc) is 2.41. The maximum Gasteiger partial charge on any atom is 0.112 e. The molecule has 0 saturated heterocycles. The molecule has 4 heteroatoms. The summed E-state index contributed by atoms with van der Waals surface area (Å²) in [5.41, 5.74) is 3.32. The highest BCUT2D eigenvalue weighted by atomic mass is 79.9. The Labute approximate surface area is 128 Å². The Bertz CT molecular complexity index is 624. The Balaban J connectivity index is 1.94. The van der Waals surface area contributed by atoms with E-state index in [0.29, 0.717) is 11.5 Å². The molecule has 2 aromatic rings. The Morgan fingerprint density at radius 1 is 1.30 bits per heavy atom. The van der Waals surface area contributed by atoms with Gasteiger partial charge in [-0.15, -0.1) is 0 Å². The second-order valence-electron chi connectivity index (χ2n) is 6.31. The van der Waals surface area contributed by atoms with Crippen LogP contribution in [0, 0.1) is 5.41 Å². The molecule has 1 atom stereocenters. The van der Waals surface area contributed by atoms with E-state index in [9.17, 15) is 0 Å². The topological polar surface area (TPSA) is 37.8 Å². The Morgan fingerprint density at radius 3 is 2.95 bits per heavy atom. The zero-order chi connectivity index (χ0) is 14.2. The fourth-order valence-corrected chi connectivity index (χ4v) is 3.39. The van der Waals surface area contributed by atoms with Gasteiger partial charge in [-0.2, -0.15) is 0 Å². The minimum Gasteiger partial charge on any atom is -0.380 e. The van der Waals surface area contributed by atoms with Gasteiger partial charge in [0.15, 0.2) is 0 Å². The van der Waals surface area contributed by atoms with Crippen molar-refractivity contribution in [1.29, 1.82) is 0 Å². The molecule has 0 aliphatic heterocycles. The lowest BCUT2D eigenvalue weighted by atomic mass is 9.73. The van der Waals surface area contributed by atoms with Gasteiger partial charge in [-0.3, -0.25) is 9.97 Å². The van der Waals surface area contributed by atoms with E-state index in [-0.39, 0.29) is 0 Å². The molecule has 0 amide bonds. The highest BCUT2D eigenvalue weighted by molar-refractivity contribution is 9.10. The monoisotopic (exact) mass is 333 g/mol. The molecule has 0 radical (unpaired) electrons. The number of pyridine rings is 2. The van der Waals surface area contributed by atoms with Gasteiger partial charge in [0, 0.05) is 22.9 Å². The molecule has 3 rings (SSSR count). The Kier molecular flexibility index (Phi) is 3.67. The first kappa shape index (κ1) is 13.8. The van der Waals surface area contributed by atoms with Crippen molar-refractivity contribution >= 4 is 32.7 Å². The van der Waals surface area contributed by atoms with Crippen molar-refractivity contribution in [3.63, 3.8) is 0 Å². The van der Waals surface area contributed by atoms with Crippen molar-refractivity contribution in [2.45, 2.75) is 45.6 Å². The van der Waals surface area contributed by atoms with Crippen molar-refractivity contribution in [3.8, 4) is 0 Å². The van der Waals surface area contributed by atoms with E-state index in [1.54, 1.807) is 0 Å². The molecule has 1 N–H and O–H groups in total. The number of nitrogens with zero attached hydrogens (tertiary/aromatic N) is 2. The zero-order valence-corrected chi connectivity index (χ0v) is 13.6. The minimum atomic E-state index is 0.337. The van der Waals surface area contributed by atoms with Crippen molar-refractivity contribution in [1.82, 2.24) is 9.97 Å². The lowest BCUT2D eigenvalue weighted by Crippen LogP contribution is -2.39. The molecule has 1 aliphatic rings. The fraction of sp³-hybridized carbons (Fsp3) is 0.500. The highest BCUT2D eigenvalue weighted by Gasteiger charge is 2.32. The van der Waals surface area contributed by atoms with Crippen LogP contribution in [0.25, 0.3) is 11.0 Å². The van der Waals surface area contributed by atoms with Gasteiger partial charge in [0.05, 0.1) is 11.2 Å². The van der Waals surface area contributed by atoms with Crippen molar-refractivity contribution in [2.75, 3.05) is 5.32 Å². The summed E-state index contributed by atoms with van der Waals surface area (Å²) in [4.78, 5) is 8.92. The van der Waals surface area contributed by atoms with E-state index in [0.717, 1.165) is 21.2 Å². The zero-order valence-electron chi connectivity index (χ0n) is 12.0. The first-order valence-electron chi connectivity index (χ1n) is 7.23. The largest absolute Gasteiger partial charge is 0.380 e. The van der Waals surface area contributed by atoms with Gasteiger partial charge in [-0.05, 0) is 46.3 Å². The number of nitrogens with one attached hydrogen (secondary N) is 1. The van der Waals surface area contributed by atoms with E-state index < -0.39 is 0 Å². The second-order valence-corrected chi connectivity index (χ2v) is 7.23. The standard InChI is InChI=1S/C16H20BrN3/c1-16(2)7-4-3-5-14(16)20-12-6-8-18-13-9-11(17)10-19-15(12)13/h6,8-10,14H,3-5,7H2,1-2H3,(H,18,20). The molecule has 106 valence electrons. The molecule has 1 aliphatic carbocycles. The van der Waals surface area contributed by atoms with Crippen molar-refractivity contribution in [3.05, 3.63) is 29.0 Å². The third-order valence-corrected chi connectivity index (χ3v) is 4.81. The van der Waals surface area contributed by atoms with Gasteiger partial charge >= 0.3 is 0 Å². The number of anilines is 1. The number of aromatic nitrogens is 2. The molecule has 1 fully saturated rings. The van der Waals surface area contributed by atoms with Crippen LogP contribution in [0.15, 0.2) is 29.0 Å². The van der Waals surface area contributed by atoms with Gasteiger partial charge in [-0.1, -0.05) is 26.7 Å². The summed E-state index contributed by atoms with van der Waals surface area (Å²) in [6.45, 7) is 4.72. The van der Waals surface area contributed by atoms with Crippen LogP contribution >= 0.6 is 15.9 Å². The fourth-order valence-electron chi connectivity index (χ4n) is 3.07. The molecule has 3 nitrogen and oxygen atoms in total. The third-order valence-electron chi connectivity index (χ3n) is 4.38. The smallest absolute Gasteiger partial charge is 0.112 e. The molecule has 0 aromatic carbocycles. The van der Waals surface area contributed by atoms with Gasteiger partial charge in [0.2, 0.25) is 0 Å². The quantitative estimate of drug-likeness (QED) is 0.859. The van der Waals surface area contributed by atoms with Crippen LogP contribution in [0.3, 0.4) is 0 Å². The SMILES string of the molecule is CC1(C)CCCCC1Nc1ccnc2cc(Br)cnc12. The van der Waals surface area contributed by atoms with Crippen LogP contribution in [0.2, 0.25) is 0 Å². The molecule has 2 aromatic heterocycles. The highest BCUT2D eigenvalue weighted by Crippen LogP contribution is 2.38. The summed E-state index contributed by atoms with van der Waals surface area (Å²) in [5.74, 6) is 0. The van der Waals surface area contributed by atoms with E-state index in [1.807, 2.05) is 24.5 Å². The van der Waals surface area contributed by atoms with Gasteiger partial charge in [0.1, 0.15) is 5.52 Å². The molecule has 2 heterocycles. The number of halogens is 1. The van der Waals surface area contributed by atoms with Crippen LogP contribution < -0.4 is 5.32 Å². The molecular formula is C16H20BrN3. The van der Waals surface area contributed by atoms with Crippen LogP contribution in [0.4, 0.5) is 5.69 Å². The lowest BCUT2D eigenvalue weighted by molar-refractivity contribution is 0.217. The van der Waals surface area contributed by atoms with Gasteiger partial charge in [0.25, 0.3) is 0 Å². The van der Waals surface area contributed by atoms with Crippen LogP contribution in [-0.4, -0.2) is 16.0 Å². The Morgan fingerprint density at radius 2 is 2.15 bits per heavy atom. The van der Waals surface area contributed by atoms with Gasteiger partial charge < -0.3 is 5.32 Å². The number of hydrogen-bond donors (Lipinski definition) is 1. The second kappa shape index (κ2) is 5.32. The minimum absolute atomic E-state index is 0.337. The molecule has 1 unspecified atom stereocenters. The van der Waals surface area contributed by atoms with E-state index >= 15 is 0 Å². The summed E-state index contributed by atoms with van der Waals surface area (Å²) < 4.78 is 0.965. The van der Waals surface area contributed by atoms with Crippen LogP contribution in [0.1, 0.15) is 39.5 Å². The molecular weight excluding hydrogens is 314 g/mol.